The van der Waals surface area contributed by atoms with E-state index in [9.17, 15) is 4.79 Å². The number of para-hydroxylation sites is 1. The van der Waals surface area contributed by atoms with E-state index < -0.39 is 0 Å². The zero-order valence-corrected chi connectivity index (χ0v) is 16.0. The van der Waals surface area contributed by atoms with Crippen molar-refractivity contribution in [2.24, 2.45) is 0 Å². The molecule has 0 bridgehead atoms. The smallest absolute Gasteiger partial charge is 0.270 e. The summed E-state index contributed by atoms with van der Waals surface area (Å²) in [7, 11) is 0. The second-order valence-electron chi connectivity index (χ2n) is 6.16. The van der Waals surface area contributed by atoms with Crippen LogP contribution < -0.4 is 10.6 Å². The largest absolute Gasteiger partial charge is 0.347 e. The van der Waals surface area contributed by atoms with Crippen molar-refractivity contribution in [2.45, 2.75) is 26.8 Å². The Hall–Kier alpha value is -2.92. The predicted octanol–water partition coefficient (Wildman–Crippen LogP) is 4.67. The van der Waals surface area contributed by atoms with Gasteiger partial charge in [0.2, 0.25) is 5.95 Å². The molecule has 2 N–H and O–H groups in total. The van der Waals surface area contributed by atoms with Crippen LogP contribution in [0.4, 0.5) is 11.6 Å². The number of aryl methyl sites for hydroxylation is 2. The highest BCUT2D eigenvalue weighted by Crippen LogP contribution is 2.19. The van der Waals surface area contributed by atoms with Gasteiger partial charge < -0.3 is 10.6 Å². The molecule has 0 aliphatic heterocycles. The molecule has 3 rings (SSSR count). The Morgan fingerprint density at radius 3 is 2.56 bits per heavy atom. The summed E-state index contributed by atoms with van der Waals surface area (Å²) in [6.07, 6.45) is 0.892. The number of carbonyl (C=O) groups excluding carboxylic acids is 1. The van der Waals surface area contributed by atoms with Crippen LogP contribution in [0.5, 0.6) is 0 Å². The molecule has 3 aromatic rings. The van der Waals surface area contributed by atoms with E-state index in [0.717, 1.165) is 28.9 Å². The Morgan fingerprint density at radius 1 is 1.07 bits per heavy atom. The van der Waals surface area contributed by atoms with E-state index in [4.69, 9.17) is 11.6 Å². The first-order valence-electron chi connectivity index (χ1n) is 8.78. The average Bonchev–Trinajstić information content (AvgIpc) is 2.67. The lowest BCUT2D eigenvalue weighted by Crippen LogP contribution is -2.24. The highest BCUT2D eigenvalue weighted by molar-refractivity contribution is 6.30. The molecule has 2 aromatic carbocycles. The van der Waals surface area contributed by atoms with Crippen LogP contribution in [0.1, 0.15) is 34.2 Å². The standard InChI is InChI=1S/C21H21ClN4O/c1-3-16-6-4-5-7-18(16)25-21-24-14(2)12-19(26-21)20(27)23-13-15-8-10-17(22)11-9-15/h4-12H,3,13H2,1-2H3,(H,23,27)(H,24,25,26). The number of hydrogen-bond donors (Lipinski definition) is 2. The van der Waals surface area contributed by atoms with Crippen LogP contribution in [0.3, 0.4) is 0 Å². The van der Waals surface area contributed by atoms with Crippen LogP contribution in [0.15, 0.2) is 54.6 Å². The second kappa shape index (κ2) is 8.64. The second-order valence-corrected chi connectivity index (χ2v) is 6.60. The first-order valence-corrected chi connectivity index (χ1v) is 9.16. The normalized spacial score (nSPS) is 10.5. The molecule has 0 unspecified atom stereocenters. The molecule has 6 heteroatoms. The summed E-state index contributed by atoms with van der Waals surface area (Å²) in [6.45, 7) is 4.34. The minimum atomic E-state index is -0.248. The quantitative estimate of drug-likeness (QED) is 0.651. The summed E-state index contributed by atoms with van der Waals surface area (Å²) >= 11 is 5.88. The number of benzene rings is 2. The van der Waals surface area contributed by atoms with Crippen molar-refractivity contribution < 1.29 is 4.79 Å². The van der Waals surface area contributed by atoms with E-state index in [1.807, 2.05) is 37.3 Å². The molecule has 5 nitrogen and oxygen atoms in total. The van der Waals surface area contributed by atoms with E-state index >= 15 is 0 Å². The predicted molar refractivity (Wildman–Crippen MR) is 108 cm³/mol. The van der Waals surface area contributed by atoms with Gasteiger partial charge in [-0.05, 0) is 48.7 Å². The summed E-state index contributed by atoms with van der Waals surface area (Å²) < 4.78 is 0. The molecule has 0 spiro atoms. The van der Waals surface area contributed by atoms with Crippen molar-refractivity contribution in [3.05, 3.63) is 82.1 Å². The number of aromatic nitrogens is 2. The van der Waals surface area contributed by atoms with E-state index in [-0.39, 0.29) is 5.91 Å². The van der Waals surface area contributed by atoms with Gasteiger partial charge in [0.15, 0.2) is 0 Å². The molecule has 0 saturated heterocycles. The van der Waals surface area contributed by atoms with E-state index in [2.05, 4.69) is 33.6 Å². The maximum absolute atomic E-state index is 12.5. The van der Waals surface area contributed by atoms with Crippen LogP contribution in [-0.4, -0.2) is 15.9 Å². The molecule has 0 saturated carbocycles. The first-order chi connectivity index (χ1) is 13.0. The summed E-state index contributed by atoms with van der Waals surface area (Å²) in [4.78, 5) is 21.3. The maximum Gasteiger partial charge on any atom is 0.270 e. The van der Waals surface area contributed by atoms with Crippen molar-refractivity contribution >= 4 is 29.1 Å². The van der Waals surface area contributed by atoms with Gasteiger partial charge in [0.25, 0.3) is 5.91 Å². The zero-order valence-electron chi connectivity index (χ0n) is 15.3. The number of rotatable bonds is 6. The van der Waals surface area contributed by atoms with Crippen molar-refractivity contribution in [1.29, 1.82) is 0 Å². The Labute approximate surface area is 163 Å². The lowest BCUT2D eigenvalue weighted by Gasteiger charge is -2.11. The number of nitrogens with zero attached hydrogens (tertiary/aromatic N) is 2. The van der Waals surface area contributed by atoms with Crippen molar-refractivity contribution in [3.8, 4) is 0 Å². The Bertz CT molecular complexity index is 941. The van der Waals surface area contributed by atoms with Crippen LogP contribution >= 0.6 is 11.6 Å². The first kappa shape index (κ1) is 18.9. The van der Waals surface area contributed by atoms with E-state index in [1.54, 1.807) is 18.2 Å². The molecule has 0 radical (unpaired) electrons. The molecule has 27 heavy (non-hydrogen) atoms. The van der Waals surface area contributed by atoms with Gasteiger partial charge in [0.05, 0.1) is 0 Å². The highest BCUT2D eigenvalue weighted by Gasteiger charge is 2.11. The van der Waals surface area contributed by atoms with Crippen LogP contribution in [0, 0.1) is 6.92 Å². The van der Waals surface area contributed by atoms with Crippen molar-refractivity contribution in [3.63, 3.8) is 0 Å². The number of carbonyl (C=O) groups is 1. The Balaban J connectivity index is 1.74. The number of amides is 1. The maximum atomic E-state index is 12.5. The average molecular weight is 381 g/mol. The molecular formula is C21H21ClN4O. The summed E-state index contributed by atoms with van der Waals surface area (Å²) in [6, 6.07) is 17.0. The van der Waals surface area contributed by atoms with Gasteiger partial charge in [-0.3, -0.25) is 4.79 Å². The lowest BCUT2D eigenvalue weighted by atomic mass is 10.1. The van der Waals surface area contributed by atoms with Crippen LogP contribution in [0.2, 0.25) is 5.02 Å². The third-order valence-electron chi connectivity index (χ3n) is 4.10. The van der Waals surface area contributed by atoms with Crippen molar-refractivity contribution in [1.82, 2.24) is 15.3 Å². The topological polar surface area (TPSA) is 66.9 Å². The number of halogens is 1. The van der Waals surface area contributed by atoms with Gasteiger partial charge in [-0.15, -0.1) is 0 Å². The summed E-state index contributed by atoms with van der Waals surface area (Å²) in [5, 5.41) is 6.76. The molecule has 0 aliphatic rings. The molecule has 0 aliphatic carbocycles. The summed E-state index contributed by atoms with van der Waals surface area (Å²) in [5.41, 5.74) is 4.12. The monoisotopic (exact) mass is 380 g/mol. The third-order valence-corrected chi connectivity index (χ3v) is 4.35. The van der Waals surface area contributed by atoms with Gasteiger partial charge in [-0.2, -0.15) is 0 Å². The number of hydrogen-bond acceptors (Lipinski definition) is 4. The van der Waals surface area contributed by atoms with Crippen molar-refractivity contribution in [2.75, 3.05) is 5.32 Å². The fraction of sp³-hybridized carbons (Fsp3) is 0.190. The minimum Gasteiger partial charge on any atom is -0.347 e. The summed E-state index contributed by atoms with van der Waals surface area (Å²) in [5.74, 6) is 0.162. The van der Waals surface area contributed by atoms with Gasteiger partial charge in [-0.25, -0.2) is 9.97 Å². The van der Waals surface area contributed by atoms with Gasteiger partial charge >= 0.3 is 0 Å². The fourth-order valence-corrected chi connectivity index (χ4v) is 2.81. The van der Waals surface area contributed by atoms with Crippen LogP contribution in [-0.2, 0) is 13.0 Å². The number of anilines is 2. The molecule has 1 aromatic heterocycles. The molecule has 0 fully saturated rings. The minimum absolute atomic E-state index is 0.248. The molecule has 138 valence electrons. The molecule has 0 atom stereocenters. The lowest BCUT2D eigenvalue weighted by molar-refractivity contribution is 0.0945. The molecule has 1 amide bonds. The van der Waals surface area contributed by atoms with Gasteiger partial charge in [0.1, 0.15) is 5.69 Å². The molecular weight excluding hydrogens is 360 g/mol. The highest BCUT2D eigenvalue weighted by atomic mass is 35.5. The third kappa shape index (κ3) is 5.05. The van der Waals surface area contributed by atoms with E-state index in [1.165, 1.54) is 0 Å². The zero-order chi connectivity index (χ0) is 19.2. The van der Waals surface area contributed by atoms with E-state index in [0.29, 0.717) is 23.2 Å². The molecule has 1 heterocycles. The fourth-order valence-electron chi connectivity index (χ4n) is 2.69. The van der Waals surface area contributed by atoms with Gasteiger partial charge in [0, 0.05) is 22.9 Å². The van der Waals surface area contributed by atoms with Gasteiger partial charge in [-0.1, -0.05) is 48.9 Å². The SMILES string of the molecule is CCc1ccccc1Nc1nc(C)cc(C(=O)NCc2ccc(Cl)cc2)n1. The number of nitrogens with one attached hydrogen (secondary N) is 2. The Kier molecular flexibility index (Phi) is 6.04. The van der Waals surface area contributed by atoms with Crippen LogP contribution in [0.25, 0.3) is 0 Å². The Morgan fingerprint density at radius 2 is 1.81 bits per heavy atom.